The van der Waals surface area contributed by atoms with Gasteiger partial charge in [0.2, 0.25) is 0 Å². The van der Waals surface area contributed by atoms with Gasteiger partial charge in [-0.15, -0.1) is 33.7 Å². The number of allylic oxidation sites excluding steroid dienone is 1. The average Bonchev–Trinajstić information content (AvgIpc) is 3.51. The van der Waals surface area contributed by atoms with Crippen LogP contribution in [-0.2, 0) is 26.2 Å². The first-order chi connectivity index (χ1) is 18.7. The largest absolute Gasteiger partial charge is 3.00 e. The van der Waals surface area contributed by atoms with Crippen LogP contribution < -0.4 is 24.8 Å². The molecule has 1 aliphatic rings. The van der Waals surface area contributed by atoms with Crippen molar-refractivity contribution in [3.63, 3.8) is 0 Å². The summed E-state index contributed by atoms with van der Waals surface area (Å²) in [7, 11) is 1.08. The molecule has 7 rings (SSSR count). The van der Waals surface area contributed by atoms with Gasteiger partial charge < -0.3 is 24.8 Å². The molecule has 4 heteroatoms. The van der Waals surface area contributed by atoms with Gasteiger partial charge in [0.05, 0.1) is 0 Å². The predicted molar refractivity (Wildman–Crippen MR) is 169 cm³/mol. The van der Waals surface area contributed by atoms with Gasteiger partial charge in [-0.3, -0.25) is 0 Å². The average molecular weight is 668 g/mol. The number of hydrogen-bond donors (Lipinski definition) is 0. The SMILES string of the molecule is CCCC1=Cc2c(-c3ccc4ccccc4c3)cccc2C1c1cccc2c1[cH-]c1ccccc12.C[Si]C.[Cl-].[Cl-].[Zr+3]. The molecule has 0 aromatic heterocycles. The van der Waals surface area contributed by atoms with Crippen molar-refractivity contribution in [2.75, 3.05) is 0 Å². The van der Waals surface area contributed by atoms with Gasteiger partial charge in [0, 0.05) is 15.4 Å². The molecule has 0 heterocycles. The van der Waals surface area contributed by atoms with E-state index in [1.54, 1.807) is 0 Å². The van der Waals surface area contributed by atoms with Crippen molar-refractivity contribution in [2.24, 2.45) is 0 Å². The Bertz CT molecular complexity index is 1800. The molecule has 203 valence electrons. The van der Waals surface area contributed by atoms with Gasteiger partial charge in [0.1, 0.15) is 0 Å². The van der Waals surface area contributed by atoms with E-state index in [4.69, 9.17) is 0 Å². The molecule has 0 bridgehead atoms. The molecular weight excluding hydrogens is 635 g/mol. The summed E-state index contributed by atoms with van der Waals surface area (Å²) < 4.78 is 0. The van der Waals surface area contributed by atoms with Crippen LogP contribution in [0.3, 0.4) is 0 Å². The molecule has 0 saturated heterocycles. The van der Waals surface area contributed by atoms with Crippen molar-refractivity contribution in [3.8, 4) is 11.1 Å². The molecule has 0 spiro atoms. The van der Waals surface area contributed by atoms with E-state index in [9.17, 15) is 0 Å². The number of hydrogen-bond acceptors (Lipinski definition) is 0. The molecule has 0 fully saturated rings. The second-order valence-corrected chi connectivity index (χ2v) is 11.3. The maximum atomic E-state index is 2.50. The van der Waals surface area contributed by atoms with Gasteiger partial charge in [-0.2, -0.15) is 0 Å². The normalized spacial score (nSPS) is 13.3. The Balaban J connectivity index is 0.000000740. The van der Waals surface area contributed by atoms with E-state index >= 15 is 0 Å². The first kappa shape index (κ1) is 33.2. The zero-order valence-corrected chi connectivity index (χ0v) is 28.7. The molecule has 1 aliphatic carbocycles. The fraction of sp³-hybridized carbons (Fsp3) is 0.162. The Morgan fingerprint density at radius 2 is 1.37 bits per heavy atom. The zero-order valence-electron chi connectivity index (χ0n) is 23.7. The van der Waals surface area contributed by atoms with E-state index < -0.39 is 0 Å². The summed E-state index contributed by atoms with van der Waals surface area (Å²) in [5.74, 6) is 0.311. The van der Waals surface area contributed by atoms with Crippen molar-refractivity contribution in [2.45, 2.75) is 38.8 Å². The maximum absolute atomic E-state index is 2.50. The second kappa shape index (κ2) is 14.7. The van der Waals surface area contributed by atoms with Crippen LogP contribution in [0.2, 0.25) is 13.1 Å². The summed E-state index contributed by atoms with van der Waals surface area (Å²) in [6.45, 7) is 6.60. The van der Waals surface area contributed by atoms with E-state index in [-0.39, 0.29) is 51.0 Å². The van der Waals surface area contributed by atoms with Crippen LogP contribution in [-0.4, -0.2) is 9.52 Å². The number of benzene rings is 5. The van der Waals surface area contributed by atoms with Gasteiger partial charge in [-0.1, -0.05) is 135 Å². The van der Waals surface area contributed by atoms with Gasteiger partial charge in [-0.25, -0.2) is 0 Å². The quantitative estimate of drug-likeness (QED) is 0.190. The first-order valence-electron chi connectivity index (χ1n) is 13.7. The summed E-state index contributed by atoms with van der Waals surface area (Å²) in [4.78, 5) is 0. The van der Waals surface area contributed by atoms with Crippen LogP contribution in [0.15, 0.2) is 115 Å². The minimum Gasteiger partial charge on any atom is -1.00 e. The maximum Gasteiger partial charge on any atom is 3.00 e. The monoisotopic (exact) mass is 665 g/mol. The summed E-state index contributed by atoms with van der Waals surface area (Å²) >= 11 is 0. The third-order valence-electron chi connectivity index (χ3n) is 7.75. The number of fused-ring (bicyclic) bond motifs is 5. The third-order valence-corrected chi connectivity index (χ3v) is 7.75. The number of rotatable bonds is 4. The molecule has 0 N–H and O–H groups in total. The summed E-state index contributed by atoms with van der Waals surface area (Å²) in [5.41, 5.74) is 8.44. The van der Waals surface area contributed by atoms with Gasteiger partial charge >= 0.3 is 26.2 Å². The Labute approximate surface area is 278 Å². The molecule has 0 aliphatic heterocycles. The predicted octanol–water partition coefficient (Wildman–Crippen LogP) is 4.65. The van der Waals surface area contributed by atoms with Crippen LogP contribution in [0.1, 0.15) is 42.4 Å². The summed E-state index contributed by atoms with van der Waals surface area (Å²) in [6, 6.07) is 40.5. The minimum atomic E-state index is 0. The van der Waals surface area contributed by atoms with Gasteiger partial charge in [-0.05, 0) is 45.5 Å². The zero-order chi connectivity index (χ0) is 26.1. The molecule has 0 saturated carbocycles. The van der Waals surface area contributed by atoms with Crippen LogP contribution in [0.25, 0.3) is 49.5 Å². The van der Waals surface area contributed by atoms with Crippen molar-refractivity contribution in [1.82, 2.24) is 0 Å². The van der Waals surface area contributed by atoms with Gasteiger partial charge in [0.15, 0.2) is 0 Å². The van der Waals surface area contributed by atoms with Crippen LogP contribution >= 0.6 is 0 Å². The summed E-state index contributed by atoms with van der Waals surface area (Å²) in [5, 5.41) is 8.03. The smallest absolute Gasteiger partial charge is 1.00 e. The van der Waals surface area contributed by atoms with E-state index in [0.717, 1.165) is 22.4 Å². The first-order valence-corrected chi connectivity index (χ1v) is 15.7. The molecule has 1 unspecified atom stereocenters. The van der Waals surface area contributed by atoms with Crippen LogP contribution in [0.5, 0.6) is 0 Å². The van der Waals surface area contributed by atoms with Crippen molar-refractivity contribution in [3.05, 3.63) is 131 Å². The van der Waals surface area contributed by atoms with Gasteiger partial charge in [0.25, 0.3) is 0 Å². The Morgan fingerprint density at radius 3 is 2.15 bits per heavy atom. The van der Waals surface area contributed by atoms with Crippen LogP contribution in [0.4, 0.5) is 0 Å². The number of halogens is 2. The molecule has 41 heavy (non-hydrogen) atoms. The van der Waals surface area contributed by atoms with E-state index in [1.807, 2.05) is 0 Å². The third kappa shape index (κ3) is 6.23. The topological polar surface area (TPSA) is 0 Å². The van der Waals surface area contributed by atoms with Crippen molar-refractivity contribution in [1.29, 1.82) is 0 Å². The molecule has 1 atom stereocenters. The fourth-order valence-electron chi connectivity index (χ4n) is 6.20. The Hall–Kier alpha value is -2.35. The Morgan fingerprint density at radius 1 is 0.707 bits per heavy atom. The second-order valence-electron chi connectivity index (χ2n) is 10.3. The van der Waals surface area contributed by atoms with E-state index in [1.165, 1.54) is 65.7 Å². The van der Waals surface area contributed by atoms with E-state index in [2.05, 4.69) is 135 Å². The standard InChI is InChI=1S/C35H27.C2H6Si.2ClH.Zr/c1-2-9-27-22-33-29(26-19-18-23-10-3-4-11-24(23)20-26)14-7-16-31(33)35(27)32-17-8-15-30-28-13-6-5-12-25(28)21-34(30)32;1-3-2;;;/h3-8,10-22,35H,2,9H2,1H3;1-2H3;2*1H;/q-1;;;;+3/p-2. The minimum absolute atomic E-state index is 0. The summed E-state index contributed by atoms with van der Waals surface area (Å²) in [6.07, 6.45) is 4.77. The van der Waals surface area contributed by atoms with Crippen molar-refractivity contribution < 1.29 is 51.0 Å². The van der Waals surface area contributed by atoms with Crippen LogP contribution in [0, 0.1) is 0 Å². The molecular formula is C37H33Cl2SiZr. The molecule has 6 aromatic carbocycles. The fourth-order valence-corrected chi connectivity index (χ4v) is 6.20. The van der Waals surface area contributed by atoms with Crippen molar-refractivity contribution >= 4 is 47.9 Å². The molecule has 0 amide bonds. The Kier molecular flexibility index (Phi) is 11.9. The molecule has 0 nitrogen and oxygen atoms in total. The molecule has 3 radical (unpaired) electrons. The van der Waals surface area contributed by atoms with E-state index in [0.29, 0.717) is 5.92 Å². The molecule has 6 aromatic rings.